The van der Waals surface area contributed by atoms with Gasteiger partial charge in [-0.2, -0.15) is 0 Å². The van der Waals surface area contributed by atoms with Crippen molar-refractivity contribution in [3.8, 4) is 0 Å². The highest BCUT2D eigenvalue weighted by atomic mass is 32.2. The number of aromatic amines is 2. The normalized spacial score (nSPS) is 11.7. The van der Waals surface area contributed by atoms with Crippen LogP contribution in [0, 0.1) is 10.1 Å². The number of nitro groups is 1. The summed E-state index contributed by atoms with van der Waals surface area (Å²) in [7, 11) is -0.342. The molecule has 0 aliphatic rings. The molecule has 4 aromatic rings. The van der Waals surface area contributed by atoms with Crippen molar-refractivity contribution in [3.05, 3.63) is 84.9 Å². The number of H-pyrrole nitrogens is 2. The molecule has 3 N–H and O–H groups in total. The number of non-ortho nitro benzene ring substituents is 1. The number of anilines is 1. The van der Waals surface area contributed by atoms with E-state index in [-0.39, 0.29) is 33.7 Å². The zero-order valence-electron chi connectivity index (χ0n) is 17.6. The second-order valence-corrected chi connectivity index (χ2v) is 9.28. The number of hydrogen-bond acceptors (Lipinski definition) is 7. The Balaban J connectivity index is 1.79. The summed E-state index contributed by atoms with van der Waals surface area (Å²) >= 11 is 0. The van der Waals surface area contributed by atoms with Crippen LogP contribution in [0.4, 0.5) is 11.4 Å². The van der Waals surface area contributed by atoms with Gasteiger partial charge in [0.1, 0.15) is 0 Å². The lowest BCUT2D eigenvalue weighted by molar-refractivity contribution is -0.384. The molecule has 0 bridgehead atoms. The fraction of sp³-hybridized carbons (Fsp3) is 0.143. The average molecular weight is 469 g/mol. The summed E-state index contributed by atoms with van der Waals surface area (Å²) in [4.78, 5) is 40.6. The van der Waals surface area contributed by atoms with Gasteiger partial charge in [0.2, 0.25) is 10.0 Å². The number of nitrogens with zero attached hydrogens (tertiary/aromatic N) is 2. The van der Waals surface area contributed by atoms with Gasteiger partial charge in [-0.15, -0.1) is 0 Å². The topological polar surface area (TPSA) is 158 Å². The van der Waals surface area contributed by atoms with Crippen molar-refractivity contribution in [1.29, 1.82) is 0 Å². The lowest BCUT2D eigenvalue weighted by Gasteiger charge is -2.17. The van der Waals surface area contributed by atoms with E-state index in [1.54, 1.807) is 18.2 Å². The molecule has 0 fully saturated rings. The smallest absolute Gasteiger partial charge is 0.314 e. The first kappa shape index (κ1) is 22.2. The highest BCUT2D eigenvalue weighted by molar-refractivity contribution is 7.89. The van der Waals surface area contributed by atoms with Crippen LogP contribution in [0.15, 0.2) is 63.0 Å². The SMILES string of the molecule is CN(C)c1cccc2c(S(=O)(=O)NCc3cc([N+](=O)[O-])cc4[nH]c(=O)c(=O)[nH]c34)cccc12. The van der Waals surface area contributed by atoms with E-state index in [0.717, 1.165) is 23.2 Å². The molecule has 0 radical (unpaired) electrons. The number of fused-ring (bicyclic) bond motifs is 2. The molecule has 11 nitrogen and oxygen atoms in total. The van der Waals surface area contributed by atoms with Crippen LogP contribution in [-0.4, -0.2) is 37.4 Å². The van der Waals surface area contributed by atoms with E-state index in [9.17, 15) is 28.1 Å². The summed E-state index contributed by atoms with van der Waals surface area (Å²) in [5.74, 6) is 0. The van der Waals surface area contributed by atoms with E-state index >= 15 is 0 Å². The van der Waals surface area contributed by atoms with Gasteiger partial charge in [0.15, 0.2) is 0 Å². The maximum absolute atomic E-state index is 13.2. The molecule has 12 heteroatoms. The Bertz CT molecular complexity index is 1640. The number of aromatic nitrogens is 2. The quantitative estimate of drug-likeness (QED) is 0.221. The fourth-order valence-electron chi connectivity index (χ4n) is 3.67. The van der Waals surface area contributed by atoms with Crippen molar-refractivity contribution in [1.82, 2.24) is 14.7 Å². The molecular formula is C21H19N5O6S. The maximum atomic E-state index is 13.2. The van der Waals surface area contributed by atoms with Crippen molar-refractivity contribution >= 4 is 43.2 Å². The third-order valence-corrected chi connectivity index (χ3v) is 6.65. The van der Waals surface area contributed by atoms with Crippen molar-refractivity contribution < 1.29 is 13.3 Å². The highest BCUT2D eigenvalue weighted by Crippen LogP contribution is 2.30. The minimum absolute atomic E-state index is 0.0174. The van der Waals surface area contributed by atoms with Gasteiger partial charge in [0.05, 0.1) is 20.9 Å². The molecule has 0 aliphatic heterocycles. The minimum Gasteiger partial charge on any atom is -0.377 e. The van der Waals surface area contributed by atoms with Gasteiger partial charge in [-0.25, -0.2) is 13.1 Å². The van der Waals surface area contributed by atoms with Gasteiger partial charge >= 0.3 is 11.1 Å². The van der Waals surface area contributed by atoms with Gasteiger partial charge in [0.25, 0.3) is 5.69 Å². The minimum atomic E-state index is -4.05. The molecule has 0 saturated carbocycles. The molecule has 0 aliphatic carbocycles. The molecule has 0 saturated heterocycles. The fourth-order valence-corrected chi connectivity index (χ4v) is 4.89. The third-order valence-electron chi connectivity index (χ3n) is 5.19. The number of rotatable bonds is 6. The second-order valence-electron chi connectivity index (χ2n) is 7.54. The number of nitrogens with one attached hydrogen (secondary N) is 3. The van der Waals surface area contributed by atoms with Crippen LogP contribution in [0.3, 0.4) is 0 Å². The van der Waals surface area contributed by atoms with Crippen LogP contribution >= 0.6 is 0 Å². The van der Waals surface area contributed by atoms with Crippen LogP contribution in [0.5, 0.6) is 0 Å². The first-order valence-corrected chi connectivity index (χ1v) is 11.2. The summed E-state index contributed by atoms with van der Waals surface area (Å²) in [6.07, 6.45) is 0. The Kier molecular flexibility index (Phi) is 5.47. The summed E-state index contributed by atoms with van der Waals surface area (Å²) in [6, 6.07) is 12.5. The van der Waals surface area contributed by atoms with Crippen LogP contribution in [0.2, 0.25) is 0 Å². The Morgan fingerprint density at radius 2 is 1.67 bits per heavy atom. The second kappa shape index (κ2) is 8.15. The van der Waals surface area contributed by atoms with Crippen molar-refractivity contribution in [3.63, 3.8) is 0 Å². The molecular weight excluding hydrogens is 450 g/mol. The van der Waals surface area contributed by atoms with Gasteiger partial charge in [-0.1, -0.05) is 24.3 Å². The molecule has 1 heterocycles. The summed E-state index contributed by atoms with van der Waals surface area (Å²) < 4.78 is 28.8. The molecule has 0 spiro atoms. The van der Waals surface area contributed by atoms with E-state index < -0.39 is 26.1 Å². The summed E-state index contributed by atoms with van der Waals surface area (Å²) in [5, 5.41) is 12.6. The first-order chi connectivity index (χ1) is 15.6. The standard InChI is InChI=1S/C21H19N5O6S/c1-25(2)17-7-3-6-15-14(17)5-4-8-18(15)33(31,32)22-11-12-9-13(26(29)30)10-16-19(12)24-21(28)20(27)23-16/h3-10,22H,11H2,1-2H3,(H,23,27)(H,24,28). The lowest BCUT2D eigenvalue weighted by atomic mass is 10.1. The average Bonchev–Trinajstić information content (AvgIpc) is 2.77. The largest absolute Gasteiger partial charge is 0.377 e. The number of benzene rings is 3. The van der Waals surface area contributed by atoms with Gasteiger partial charge < -0.3 is 14.9 Å². The summed E-state index contributed by atoms with van der Waals surface area (Å²) in [5.41, 5.74) is -1.20. The number of nitro benzene ring substituents is 1. The predicted octanol–water partition coefficient (Wildman–Crippen LogP) is 1.82. The van der Waals surface area contributed by atoms with E-state index in [1.165, 1.54) is 6.07 Å². The summed E-state index contributed by atoms with van der Waals surface area (Å²) in [6.45, 7) is -0.355. The van der Waals surface area contributed by atoms with Gasteiger partial charge in [0, 0.05) is 49.2 Å². The molecule has 0 unspecified atom stereocenters. The molecule has 4 rings (SSSR count). The van der Waals surface area contributed by atoms with Crippen molar-refractivity contribution in [2.75, 3.05) is 19.0 Å². The first-order valence-electron chi connectivity index (χ1n) is 9.71. The van der Waals surface area contributed by atoms with Crippen LogP contribution < -0.4 is 20.7 Å². The van der Waals surface area contributed by atoms with E-state index in [1.807, 2.05) is 31.1 Å². The monoisotopic (exact) mass is 469 g/mol. The lowest BCUT2D eigenvalue weighted by Crippen LogP contribution is -2.30. The molecule has 1 aromatic heterocycles. The Hall–Kier alpha value is -4.03. The number of hydrogen-bond donors (Lipinski definition) is 3. The van der Waals surface area contributed by atoms with Gasteiger partial charge in [-0.3, -0.25) is 19.7 Å². The predicted molar refractivity (Wildman–Crippen MR) is 124 cm³/mol. The third kappa shape index (κ3) is 4.08. The zero-order valence-corrected chi connectivity index (χ0v) is 18.4. The van der Waals surface area contributed by atoms with Crippen LogP contribution in [-0.2, 0) is 16.6 Å². The number of sulfonamides is 1. The molecule has 0 amide bonds. The van der Waals surface area contributed by atoms with E-state index in [0.29, 0.717) is 5.39 Å². The zero-order chi connectivity index (χ0) is 23.9. The van der Waals surface area contributed by atoms with Gasteiger partial charge in [-0.05, 0) is 17.7 Å². The van der Waals surface area contributed by atoms with Crippen molar-refractivity contribution in [2.45, 2.75) is 11.4 Å². The molecule has 33 heavy (non-hydrogen) atoms. The highest BCUT2D eigenvalue weighted by Gasteiger charge is 2.20. The maximum Gasteiger partial charge on any atom is 0.314 e. The molecule has 3 aromatic carbocycles. The van der Waals surface area contributed by atoms with Crippen LogP contribution in [0.25, 0.3) is 21.8 Å². The molecule has 0 atom stereocenters. The van der Waals surface area contributed by atoms with E-state index in [2.05, 4.69) is 14.7 Å². The van der Waals surface area contributed by atoms with Crippen LogP contribution in [0.1, 0.15) is 5.56 Å². The molecule has 170 valence electrons. The van der Waals surface area contributed by atoms with E-state index in [4.69, 9.17) is 0 Å². The van der Waals surface area contributed by atoms with Crippen molar-refractivity contribution in [2.24, 2.45) is 0 Å². The Morgan fingerprint density at radius 1 is 1.00 bits per heavy atom. The Labute approximate surface area is 186 Å². The Morgan fingerprint density at radius 3 is 2.36 bits per heavy atom.